The maximum Gasteiger partial charge on any atom is 0.284 e. The first kappa shape index (κ1) is 11.2. The van der Waals surface area contributed by atoms with E-state index in [4.69, 9.17) is 21.1 Å². The molecule has 5 nitrogen and oxygen atoms in total. The maximum absolute atomic E-state index is 5.38. The Hall–Kier alpha value is -1.34. The van der Waals surface area contributed by atoms with Crippen LogP contribution >= 0.6 is 24.0 Å². The van der Waals surface area contributed by atoms with Crippen LogP contribution in [0, 0.1) is 0 Å². The summed E-state index contributed by atoms with van der Waals surface area (Å²) in [7, 11) is 3.72. The molecule has 0 atom stereocenters. The van der Waals surface area contributed by atoms with Crippen LogP contribution in [0.1, 0.15) is 0 Å². The van der Waals surface area contributed by atoms with E-state index in [1.807, 2.05) is 14.1 Å². The highest BCUT2D eigenvalue weighted by Gasteiger charge is 2.13. The van der Waals surface area contributed by atoms with Crippen molar-refractivity contribution in [1.82, 2.24) is 15.1 Å². The highest BCUT2D eigenvalue weighted by molar-refractivity contribution is 8.22. The van der Waals surface area contributed by atoms with E-state index in [9.17, 15) is 0 Å². The van der Waals surface area contributed by atoms with Gasteiger partial charge in [-0.2, -0.15) is 0 Å². The highest BCUT2D eigenvalue weighted by atomic mass is 32.2. The van der Waals surface area contributed by atoms with Crippen molar-refractivity contribution in [3.05, 3.63) is 18.4 Å². The molecule has 0 amide bonds. The number of furan rings is 1. The Labute approximate surface area is 102 Å². The molecule has 2 heterocycles. The second-order valence-corrected chi connectivity index (χ2v) is 4.70. The Morgan fingerprint density at radius 2 is 2.25 bits per heavy atom. The van der Waals surface area contributed by atoms with E-state index in [1.54, 1.807) is 23.3 Å². The molecule has 0 aliphatic rings. The molecule has 0 fully saturated rings. The summed E-state index contributed by atoms with van der Waals surface area (Å²) in [5, 5.41) is 8.14. The predicted molar refractivity (Wildman–Crippen MR) is 64.1 cm³/mol. The average Bonchev–Trinajstić information content (AvgIpc) is 2.85. The maximum atomic E-state index is 5.38. The van der Waals surface area contributed by atoms with Gasteiger partial charge in [0.05, 0.1) is 6.26 Å². The first-order valence-electron chi connectivity index (χ1n) is 4.43. The molecule has 0 aromatic carbocycles. The van der Waals surface area contributed by atoms with Crippen molar-refractivity contribution in [2.24, 2.45) is 0 Å². The molecule has 0 saturated heterocycles. The summed E-state index contributed by atoms with van der Waals surface area (Å²) in [6, 6.07) is 3.52. The van der Waals surface area contributed by atoms with Gasteiger partial charge in [0.25, 0.3) is 11.1 Å². The molecule has 0 saturated carbocycles. The van der Waals surface area contributed by atoms with Crippen LogP contribution in [0.15, 0.2) is 32.5 Å². The van der Waals surface area contributed by atoms with Crippen LogP contribution in [0.3, 0.4) is 0 Å². The van der Waals surface area contributed by atoms with E-state index in [2.05, 4.69) is 10.2 Å². The molecule has 0 aliphatic carbocycles. The molecule has 16 heavy (non-hydrogen) atoms. The first-order valence-corrected chi connectivity index (χ1v) is 5.66. The molecule has 7 heteroatoms. The van der Waals surface area contributed by atoms with Gasteiger partial charge in [0.15, 0.2) is 5.76 Å². The van der Waals surface area contributed by atoms with Gasteiger partial charge in [-0.15, -0.1) is 10.2 Å². The molecule has 2 rings (SSSR count). The lowest BCUT2D eigenvalue weighted by atomic mass is 10.5. The lowest BCUT2D eigenvalue weighted by Crippen LogP contribution is -2.15. The Morgan fingerprint density at radius 3 is 2.88 bits per heavy atom. The molecule has 0 bridgehead atoms. The normalized spacial score (nSPS) is 10.4. The van der Waals surface area contributed by atoms with Gasteiger partial charge in [-0.25, -0.2) is 0 Å². The molecule has 0 aliphatic heterocycles. The van der Waals surface area contributed by atoms with Gasteiger partial charge in [-0.05, 0) is 12.1 Å². The zero-order chi connectivity index (χ0) is 11.5. The number of hydrogen-bond donors (Lipinski definition) is 0. The van der Waals surface area contributed by atoms with E-state index in [1.165, 1.54) is 11.8 Å². The number of aromatic nitrogens is 2. The van der Waals surface area contributed by atoms with Crippen molar-refractivity contribution in [3.63, 3.8) is 0 Å². The van der Waals surface area contributed by atoms with Crippen molar-refractivity contribution < 1.29 is 8.83 Å². The fourth-order valence-corrected chi connectivity index (χ4v) is 1.66. The van der Waals surface area contributed by atoms with E-state index in [0.29, 0.717) is 21.2 Å². The smallest absolute Gasteiger partial charge is 0.284 e. The Bertz CT molecular complexity index is 479. The largest absolute Gasteiger partial charge is 0.459 e. The zero-order valence-electron chi connectivity index (χ0n) is 8.71. The summed E-state index contributed by atoms with van der Waals surface area (Å²) in [5.41, 5.74) is 0. The van der Waals surface area contributed by atoms with Gasteiger partial charge in [-0.3, -0.25) is 0 Å². The molecule has 0 N–H and O–H groups in total. The van der Waals surface area contributed by atoms with Crippen LogP contribution in [-0.2, 0) is 0 Å². The molecule has 0 radical (unpaired) electrons. The van der Waals surface area contributed by atoms with Crippen molar-refractivity contribution in [2.75, 3.05) is 14.1 Å². The number of nitrogens with zero attached hydrogens (tertiary/aromatic N) is 3. The molecule has 2 aromatic rings. The summed E-state index contributed by atoms with van der Waals surface area (Å²) in [4.78, 5) is 1.80. The summed E-state index contributed by atoms with van der Waals surface area (Å²) in [6.07, 6.45) is 1.55. The lowest BCUT2D eigenvalue weighted by Gasteiger charge is -2.09. The van der Waals surface area contributed by atoms with E-state index in [-0.39, 0.29) is 0 Å². The van der Waals surface area contributed by atoms with Crippen LogP contribution in [0.4, 0.5) is 0 Å². The molecule has 0 spiro atoms. The van der Waals surface area contributed by atoms with Gasteiger partial charge < -0.3 is 13.7 Å². The number of thioether (sulfide) groups is 1. The Kier molecular flexibility index (Phi) is 3.25. The van der Waals surface area contributed by atoms with Crippen LogP contribution in [-0.4, -0.2) is 33.5 Å². The quantitative estimate of drug-likeness (QED) is 0.602. The summed E-state index contributed by atoms with van der Waals surface area (Å²) in [5.74, 6) is 0.907. The molecule has 2 aromatic heterocycles. The second-order valence-electron chi connectivity index (χ2n) is 3.11. The summed E-state index contributed by atoms with van der Waals surface area (Å²) in [6.45, 7) is 0. The van der Waals surface area contributed by atoms with Gasteiger partial charge in [0.2, 0.25) is 0 Å². The summed E-state index contributed by atoms with van der Waals surface area (Å²) < 4.78 is 11.2. The minimum atomic E-state index is 0.356. The van der Waals surface area contributed by atoms with Crippen molar-refractivity contribution in [1.29, 1.82) is 0 Å². The first-order chi connectivity index (χ1) is 7.66. The third-order valence-corrected chi connectivity index (χ3v) is 3.17. The summed E-state index contributed by atoms with van der Waals surface area (Å²) >= 11 is 6.35. The van der Waals surface area contributed by atoms with Crippen molar-refractivity contribution in [2.45, 2.75) is 5.22 Å². The molecule has 0 unspecified atom stereocenters. The third-order valence-electron chi connectivity index (χ3n) is 1.68. The van der Waals surface area contributed by atoms with E-state index < -0.39 is 0 Å². The number of hydrogen-bond acceptors (Lipinski definition) is 6. The van der Waals surface area contributed by atoms with Crippen LogP contribution in [0.5, 0.6) is 0 Å². The third kappa shape index (κ3) is 2.42. The number of thiocarbonyl (C=S) groups is 1. The van der Waals surface area contributed by atoms with E-state index >= 15 is 0 Å². The van der Waals surface area contributed by atoms with Gasteiger partial charge in [-0.1, -0.05) is 12.2 Å². The number of rotatable bonds is 2. The van der Waals surface area contributed by atoms with Gasteiger partial charge in [0, 0.05) is 25.9 Å². The van der Waals surface area contributed by atoms with Crippen LogP contribution in [0.25, 0.3) is 11.7 Å². The molecular formula is C9H9N3O2S2. The standard InChI is InChI=1S/C9H9N3O2S2/c1-12(2)9(15)16-8-11-10-7(14-8)6-4-3-5-13-6/h3-5H,1-2H3. The zero-order valence-corrected chi connectivity index (χ0v) is 10.3. The lowest BCUT2D eigenvalue weighted by molar-refractivity contribution is 0.448. The fraction of sp³-hybridized carbons (Fsp3) is 0.222. The predicted octanol–water partition coefficient (Wildman–Crippen LogP) is 2.27. The minimum Gasteiger partial charge on any atom is -0.459 e. The average molecular weight is 255 g/mol. The van der Waals surface area contributed by atoms with Crippen LogP contribution in [0.2, 0.25) is 0 Å². The van der Waals surface area contributed by atoms with Gasteiger partial charge >= 0.3 is 0 Å². The Morgan fingerprint density at radius 1 is 1.44 bits per heavy atom. The molecular weight excluding hydrogens is 246 g/mol. The topological polar surface area (TPSA) is 55.3 Å². The second kappa shape index (κ2) is 4.67. The monoisotopic (exact) mass is 255 g/mol. The van der Waals surface area contributed by atoms with E-state index in [0.717, 1.165) is 0 Å². The SMILES string of the molecule is CN(C)C(=S)Sc1nnc(-c2ccco2)o1. The minimum absolute atomic E-state index is 0.356. The van der Waals surface area contributed by atoms with Crippen LogP contribution < -0.4 is 0 Å². The highest BCUT2D eigenvalue weighted by Crippen LogP contribution is 2.24. The van der Waals surface area contributed by atoms with Crippen molar-refractivity contribution >= 4 is 28.3 Å². The Balaban J connectivity index is 2.11. The molecule has 84 valence electrons. The van der Waals surface area contributed by atoms with Crippen molar-refractivity contribution in [3.8, 4) is 11.7 Å². The van der Waals surface area contributed by atoms with Gasteiger partial charge in [0.1, 0.15) is 4.32 Å². The fourth-order valence-electron chi connectivity index (χ4n) is 0.917.